The summed E-state index contributed by atoms with van der Waals surface area (Å²) >= 11 is 0. The third-order valence-corrected chi connectivity index (χ3v) is 2.48. The molecule has 0 aliphatic heterocycles. The Labute approximate surface area is 116 Å². The molecule has 1 heterocycles. The average Bonchev–Trinajstić information content (AvgIpc) is 2.42. The molecule has 1 aromatic heterocycles. The van der Waals surface area contributed by atoms with Crippen LogP contribution in [0.1, 0.15) is 0 Å². The minimum Gasteiger partial charge on any atom is -0.504 e. The number of nitrogens with one attached hydrogen (secondary N) is 2. The van der Waals surface area contributed by atoms with Gasteiger partial charge in [0.15, 0.2) is 11.5 Å². The second kappa shape index (κ2) is 5.47. The second-order valence-corrected chi connectivity index (χ2v) is 4.26. The summed E-state index contributed by atoms with van der Waals surface area (Å²) in [6, 6.07) is 4.37. The fourth-order valence-corrected chi connectivity index (χ4v) is 1.46. The number of phenolic OH excluding ortho intramolecular Hbond substituents is 2. The lowest BCUT2D eigenvalue weighted by Crippen LogP contribution is -2.15. The maximum atomic E-state index is 9.46. The van der Waals surface area contributed by atoms with Gasteiger partial charge >= 0.3 is 0 Å². The van der Waals surface area contributed by atoms with Crippen LogP contribution >= 0.6 is 0 Å². The molecule has 0 spiro atoms. The van der Waals surface area contributed by atoms with Gasteiger partial charge in [-0.1, -0.05) is 0 Å². The topological polar surface area (TPSA) is 106 Å². The predicted molar refractivity (Wildman–Crippen MR) is 76.8 cm³/mol. The molecular weight excluding hydrogens is 260 g/mol. The molecule has 0 saturated heterocycles. The summed E-state index contributed by atoms with van der Waals surface area (Å²) in [5, 5.41) is 24.5. The lowest BCUT2D eigenvalue weighted by molar-refractivity contribution is 0.404. The smallest absolute Gasteiger partial charge is 0.233 e. The van der Waals surface area contributed by atoms with Gasteiger partial charge in [0.25, 0.3) is 0 Å². The summed E-state index contributed by atoms with van der Waals surface area (Å²) in [6.07, 6.45) is 0. The van der Waals surface area contributed by atoms with Crippen molar-refractivity contribution in [3.63, 3.8) is 0 Å². The molecule has 106 valence electrons. The molecule has 0 saturated carbocycles. The van der Waals surface area contributed by atoms with E-state index in [0.717, 1.165) is 0 Å². The van der Waals surface area contributed by atoms with E-state index in [9.17, 15) is 10.2 Å². The van der Waals surface area contributed by atoms with Gasteiger partial charge in [0.05, 0.1) is 0 Å². The van der Waals surface area contributed by atoms with Crippen LogP contribution < -0.4 is 15.5 Å². The van der Waals surface area contributed by atoms with E-state index in [2.05, 4.69) is 25.6 Å². The zero-order chi connectivity index (χ0) is 14.7. The fourth-order valence-electron chi connectivity index (χ4n) is 1.46. The highest BCUT2D eigenvalue weighted by molar-refractivity contribution is 5.60. The zero-order valence-electron chi connectivity index (χ0n) is 11.4. The normalized spacial score (nSPS) is 10.2. The first-order valence-corrected chi connectivity index (χ1v) is 5.89. The van der Waals surface area contributed by atoms with Gasteiger partial charge in [-0.3, -0.25) is 0 Å². The average molecular weight is 276 g/mol. The van der Waals surface area contributed by atoms with Crippen LogP contribution in [0.15, 0.2) is 18.2 Å². The molecule has 0 bridgehead atoms. The number of phenols is 2. The number of nitrogens with zero attached hydrogens (tertiary/aromatic N) is 4. The molecule has 0 amide bonds. The SMILES string of the molecule is CNc1nc(Nc2ccc(O)c(O)c2)nc(N(C)C)n1. The Hall–Kier alpha value is -2.77. The van der Waals surface area contributed by atoms with E-state index in [4.69, 9.17) is 0 Å². The van der Waals surface area contributed by atoms with Gasteiger partial charge in [0.1, 0.15) is 0 Å². The van der Waals surface area contributed by atoms with E-state index in [1.165, 1.54) is 12.1 Å². The van der Waals surface area contributed by atoms with Crippen LogP contribution in [0.25, 0.3) is 0 Å². The summed E-state index contributed by atoms with van der Waals surface area (Å²) < 4.78 is 0. The summed E-state index contributed by atoms with van der Waals surface area (Å²) in [5.41, 5.74) is 0.554. The van der Waals surface area contributed by atoms with E-state index in [-0.39, 0.29) is 11.5 Å². The number of benzene rings is 1. The van der Waals surface area contributed by atoms with E-state index in [1.54, 1.807) is 18.0 Å². The zero-order valence-corrected chi connectivity index (χ0v) is 11.4. The Balaban J connectivity index is 2.32. The first kappa shape index (κ1) is 13.7. The highest BCUT2D eigenvalue weighted by Gasteiger charge is 2.08. The first-order chi connectivity index (χ1) is 9.49. The van der Waals surface area contributed by atoms with Crippen LogP contribution in [-0.4, -0.2) is 46.3 Å². The molecule has 1 aromatic carbocycles. The number of aromatic nitrogens is 3. The monoisotopic (exact) mass is 276 g/mol. The van der Waals surface area contributed by atoms with E-state index >= 15 is 0 Å². The van der Waals surface area contributed by atoms with Crippen molar-refractivity contribution < 1.29 is 10.2 Å². The molecule has 8 heteroatoms. The molecule has 0 radical (unpaired) electrons. The van der Waals surface area contributed by atoms with Crippen molar-refractivity contribution >= 4 is 23.5 Å². The Bertz CT molecular complexity index is 617. The van der Waals surface area contributed by atoms with Gasteiger partial charge in [0.2, 0.25) is 17.8 Å². The highest BCUT2D eigenvalue weighted by Crippen LogP contribution is 2.28. The molecule has 8 nitrogen and oxygen atoms in total. The number of hydrogen-bond acceptors (Lipinski definition) is 8. The molecule has 0 aliphatic carbocycles. The standard InChI is InChI=1S/C12H16N6O2/c1-13-10-15-11(17-12(16-10)18(2)3)14-7-4-5-8(19)9(20)6-7/h4-6,19-20H,1-3H3,(H2,13,14,15,16,17). The Morgan fingerprint density at radius 2 is 1.70 bits per heavy atom. The molecule has 2 aromatic rings. The fraction of sp³-hybridized carbons (Fsp3) is 0.250. The predicted octanol–water partition coefficient (Wildman–Crippen LogP) is 1.13. The lowest BCUT2D eigenvalue weighted by Gasteiger charge is -2.13. The Morgan fingerprint density at radius 1 is 1.00 bits per heavy atom. The van der Waals surface area contributed by atoms with E-state index < -0.39 is 0 Å². The van der Waals surface area contributed by atoms with E-state index in [1.807, 2.05) is 14.1 Å². The number of rotatable bonds is 4. The minimum absolute atomic E-state index is 0.184. The van der Waals surface area contributed by atoms with Crippen molar-refractivity contribution in [1.29, 1.82) is 0 Å². The molecule has 0 aliphatic rings. The lowest BCUT2D eigenvalue weighted by atomic mass is 10.3. The summed E-state index contributed by atoms with van der Waals surface area (Å²) in [6.45, 7) is 0. The Morgan fingerprint density at radius 3 is 2.30 bits per heavy atom. The highest BCUT2D eigenvalue weighted by atomic mass is 16.3. The van der Waals surface area contributed by atoms with Crippen LogP contribution in [0.3, 0.4) is 0 Å². The van der Waals surface area contributed by atoms with Gasteiger partial charge in [0, 0.05) is 32.9 Å². The van der Waals surface area contributed by atoms with Crippen LogP contribution in [0, 0.1) is 0 Å². The summed E-state index contributed by atoms with van der Waals surface area (Å²) in [7, 11) is 5.36. The molecule has 4 N–H and O–H groups in total. The third-order valence-electron chi connectivity index (χ3n) is 2.48. The maximum Gasteiger partial charge on any atom is 0.233 e. The molecule has 0 atom stereocenters. The van der Waals surface area contributed by atoms with Crippen molar-refractivity contribution in [3.05, 3.63) is 18.2 Å². The van der Waals surface area contributed by atoms with Crippen molar-refractivity contribution in [2.45, 2.75) is 0 Å². The van der Waals surface area contributed by atoms with E-state index in [0.29, 0.717) is 23.5 Å². The van der Waals surface area contributed by atoms with Crippen LogP contribution in [0.4, 0.5) is 23.5 Å². The van der Waals surface area contributed by atoms with Crippen LogP contribution in [-0.2, 0) is 0 Å². The van der Waals surface area contributed by atoms with Crippen LogP contribution in [0.2, 0.25) is 0 Å². The van der Waals surface area contributed by atoms with Gasteiger partial charge in [-0.2, -0.15) is 15.0 Å². The first-order valence-electron chi connectivity index (χ1n) is 5.89. The van der Waals surface area contributed by atoms with Gasteiger partial charge < -0.3 is 25.7 Å². The maximum absolute atomic E-state index is 9.46. The van der Waals surface area contributed by atoms with Crippen molar-refractivity contribution in [2.75, 3.05) is 36.7 Å². The van der Waals surface area contributed by atoms with Gasteiger partial charge in [-0.15, -0.1) is 0 Å². The van der Waals surface area contributed by atoms with Crippen molar-refractivity contribution in [1.82, 2.24) is 15.0 Å². The Kier molecular flexibility index (Phi) is 3.74. The van der Waals surface area contributed by atoms with Crippen molar-refractivity contribution in [3.8, 4) is 11.5 Å². The van der Waals surface area contributed by atoms with Gasteiger partial charge in [-0.05, 0) is 12.1 Å². The third kappa shape index (κ3) is 2.97. The molecule has 0 unspecified atom stereocenters. The summed E-state index contributed by atoms with van der Waals surface area (Å²) in [4.78, 5) is 14.3. The molecular formula is C12H16N6O2. The van der Waals surface area contributed by atoms with Crippen LogP contribution in [0.5, 0.6) is 11.5 Å². The molecule has 0 fully saturated rings. The largest absolute Gasteiger partial charge is 0.504 e. The summed E-state index contributed by atoms with van der Waals surface area (Å²) in [5.74, 6) is 0.851. The quantitative estimate of drug-likeness (QED) is 0.486. The number of hydrogen-bond donors (Lipinski definition) is 4. The second-order valence-electron chi connectivity index (χ2n) is 4.26. The van der Waals surface area contributed by atoms with Crippen molar-refractivity contribution in [2.24, 2.45) is 0 Å². The minimum atomic E-state index is -0.217. The molecule has 20 heavy (non-hydrogen) atoms. The van der Waals surface area contributed by atoms with Gasteiger partial charge in [-0.25, -0.2) is 0 Å². The number of aromatic hydroxyl groups is 2. The molecule has 2 rings (SSSR count). The number of anilines is 4.